The lowest BCUT2D eigenvalue weighted by molar-refractivity contribution is 0.0822. The van der Waals surface area contributed by atoms with Crippen LogP contribution in [0.2, 0.25) is 5.02 Å². The second-order valence-corrected chi connectivity index (χ2v) is 8.04. The third-order valence-corrected chi connectivity index (χ3v) is 5.88. The van der Waals surface area contributed by atoms with Crippen molar-refractivity contribution in [2.24, 2.45) is 0 Å². The van der Waals surface area contributed by atoms with Gasteiger partial charge in [-0.3, -0.25) is 9.69 Å². The van der Waals surface area contributed by atoms with Gasteiger partial charge in [0, 0.05) is 47.7 Å². The van der Waals surface area contributed by atoms with E-state index in [1.807, 2.05) is 36.4 Å². The summed E-state index contributed by atoms with van der Waals surface area (Å²) in [6.07, 6.45) is 1.72. The molecule has 0 aromatic heterocycles. The summed E-state index contributed by atoms with van der Waals surface area (Å²) in [6, 6.07) is 13.8. The van der Waals surface area contributed by atoms with Gasteiger partial charge in [0.15, 0.2) is 0 Å². The van der Waals surface area contributed by atoms with Crippen molar-refractivity contribution in [3.05, 3.63) is 63.1 Å². The second kappa shape index (κ2) is 6.63. The van der Waals surface area contributed by atoms with Crippen LogP contribution in [0.4, 0.5) is 5.69 Å². The minimum atomic E-state index is -0.352. The molecule has 2 heterocycles. The number of nitrogens with zero attached hydrogens (tertiary/aromatic N) is 1. The number of anilines is 1. The van der Waals surface area contributed by atoms with Crippen molar-refractivity contribution in [3.8, 4) is 0 Å². The van der Waals surface area contributed by atoms with E-state index >= 15 is 0 Å². The number of rotatable bonds is 2. The van der Waals surface area contributed by atoms with E-state index in [4.69, 9.17) is 11.6 Å². The zero-order chi connectivity index (χ0) is 17.4. The maximum Gasteiger partial charge on any atom is 0.255 e. The van der Waals surface area contributed by atoms with E-state index in [0.29, 0.717) is 5.56 Å². The fraction of sp³-hybridized carbons (Fsp3) is 0.316. The number of nitrogens with one attached hydrogen (secondary N) is 2. The van der Waals surface area contributed by atoms with Crippen LogP contribution in [0.3, 0.4) is 0 Å². The molecule has 4 rings (SSSR count). The average molecular weight is 421 g/mol. The quantitative estimate of drug-likeness (QED) is 0.763. The van der Waals surface area contributed by atoms with E-state index in [2.05, 4.69) is 37.5 Å². The number of amides is 1. The van der Waals surface area contributed by atoms with Gasteiger partial charge in [0.05, 0.1) is 5.56 Å². The zero-order valence-electron chi connectivity index (χ0n) is 13.7. The molecule has 130 valence electrons. The van der Waals surface area contributed by atoms with Crippen LogP contribution < -0.4 is 10.6 Å². The highest BCUT2D eigenvalue weighted by Crippen LogP contribution is 2.33. The molecule has 1 amide bonds. The topological polar surface area (TPSA) is 44.4 Å². The summed E-state index contributed by atoms with van der Waals surface area (Å²) in [5.41, 5.74) is 2.40. The Morgan fingerprint density at radius 3 is 2.64 bits per heavy atom. The predicted molar refractivity (Wildman–Crippen MR) is 104 cm³/mol. The van der Waals surface area contributed by atoms with Crippen molar-refractivity contribution in [1.29, 1.82) is 0 Å². The van der Waals surface area contributed by atoms with Gasteiger partial charge in [-0.25, -0.2) is 0 Å². The van der Waals surface area contributed by atoms with E-state index in [0.717, 1.165) is 53.2 Å². The van der Waals surface area contributed by atoms with E-state index in [9.17, 15) is 4.79 Å². The Hall–Kier alpha value is -1.56. The normalized spacial score (nSPS) is 19.2. The van der Waals surface area contributed by atoms with Crippen LogP contribution in [0.25, 0.3) is 0 Å². The first kappa shape index (κ1) is 16.9. The maximum atomic E-state index is 12.5. The van der Waals surface area contributed by atoms with Gasteiger partial charge < -0.3 is 10.6 Å². The highest BCUT2D eigenvalue weighted by Gasteiger charge is 2.40. The van der Waals surface area contributed by atoms with Crippen LogP contribution >= 0.6 is 27.5 Å². The van der Waals surface area contributed by atoms with Crippen molar-refractivity contribution >= 4 is 39.1 Å². The molecule has 25 heavy (non-hydrogen) atoms. The number of likely N-dealkylation sites (tertiary alicyclic amines) is 1. The first-order valence-corrected chi connectivity index (χ1v) is 9.58. The van der Waals surface area contributed by atoms with Crippen molar-refractivity contribution in [1.82, 2.24) is 10.2 Å². The summed E-state index contributed by atoms with van der Waals surface area (Å²) in [7, 11) is 0. The molecule has 1 fully saturated rings. The smallest absolute Gasteiger partial charge is 0.255 e. The molecule has 2 N–H and O–H groups in total. The van der Waals surface area contributed by atoms with Gasteiger partial charge in [0.25, 0.3) is 5.91 Å². The Bertz CT molecular complexity index is 818. The van der Waals surface area contributed by atoms with Gasteiger partial charge in [-0.1, -0.05) is 45.7 Å². The third-order valence-electron chi connectivity index (χ3n) is 5.01. The van der Waals surface area contributed by atoms with E-state index in [1.165, 1.54) is 0 Å². The first-order chi connectivity index (χ1) is 12.0. The highest BCUT2D eigenvalue weighted by atomic mass is 79.9. The Kier molecular flexibility index (Phi) is 4.48. The SMILES string of the molecule is O=C1NC2(CCN(Cc3ccccc3Cl)CC2)Nc2ccc(Br)cc21. The molecule has 1 spiro atoms. The third kappa shape index (κ3) is 3.41. The zero-order valence-corrected chi connectivity index (χ0v) is 16.0. The second-order valence-electron chi connectivity index (χ2n) is 6.72. The summed E-state index contributed by atoms with van der Waals surface area (Å²) in [6.45, 7) is 2.65. The first-order valence-electron chi connectivity index (χ1n) is 8.41. The lowest BCUT2D eigenvalue weighted by atomic mass is 9.92. The molecule has 0 radical (unpaired) electrons. The van der Waals surface area contributed by atoms with Crippen molar-refractivity contribution in [3.63, 3.8) is 0 Å². The summed E-state index contributed by atoms with van der Waals surface area (Å²) in [4.78, 5) is 14.9. The van der Waals surface area contributed by atoms with E-state index < -0.39 is 0 Å². The van der Waals surface area contributed by atoms with Crippen LogP contribution in [0.15, 0.2) is 46.9 Å². The summed E-state index contributed by atoms with van der Waals surface area (Å²) in [5.74, 6) is -0.00500. The van der Waals surface area contributed by atoms with Gasteiger partial charge in [-0.2, -0.15) is 0 Å². The molecular formula is C19H19BrClN3O. The summed E-state index contributed by atoms with van der Waals surface area (Å²) in [5, 5.41) is 7.56. The molecule has 0 aliphatic carbocycles. The van der Waals surface area contributed by atoms with E-state index in [-0.39, 0.29) is 11.6 Å². The van der Waals surface area contributed by atoms with Gasteiger partial charge in [-0.15, -0.1) is 0 Å². The molecule has 1 saturated heterocycles. The van der Waals surface area contributed by atoms with Gasteiger partial charge in [0.1, 0.15) is 5.66 Å². The van der Waals surface area contributed by atoms with Crippen LogP contribution in [0.1, 0.15) is 28.8 Å². The minimum Gasteiger partial charge on any atom is -0.362 e. The number of carbonyl (C=O) groups excluding carboxylic acids is 1. The van der Waals surface area contributed by atoms with Crippen LogP contribution in [0.5, 0.6) is 0 Å². The van der Waals surface area contributed by atoms with Crippen LogP contribution in [-0.2, 0) is 6.54 Å². The average Bonchev–Trinajstić information content (AvgIpc) is 2.60. The Morgan fingerprint density at radius 2 is 1.88 bits per heavy atom. The molecule has 2 aromatic rings. The molecule has 2 aliphatic heterocycles. The number of hydrogen-bond donors (Lipinski definition) is 2. The van der Waals surface area contributed by atoms with Crippen LogP contribution in [0, 0.1) is 0 Å². The van der Waals surface area contributed by atoms with Gasteiger partial charge in [0.2, 0.25) is 0 Å². The number of carbonyl (C=O) groups is 1. The molecule has 2 aromatic carbocycles. The van der Waals surface area contributed by atoms with Crippen molar-refractivity contribution in [2.45, 2.75) is 25.0 Å². The van der Waals surface area contributed by atoms with Crippen molar-refractivity contribution < 1.29 is 4.79 Å². The molecule has 0 atom stereocenters. The maximum absolute atomic E-state index is 12.5. The lowest BCUT2D eigenvalue weighted by Crippen LogP contribution is -2.62. The number of halogens is 2. The van der Waals surface area contributed by atoms with Crippen LogP contribution in [-0.4, -0.2) is 29.6 Å². The molecule has 6 heteroatoms. The fourth-order valence-corrected chi connectivity index (χ4v) is 4.15. The molecule has 0 unspecified atom stereocenters. The van der Waals surface area contributed by atoms with Gasteiger partial charge in [-0.05, 0) is 29.8 Å². The molecule has 4 nitrogen and oxygen atoms in total. The van der Waals surface area contributed by atoms with Crippen molar-refractivity contribution in [2.75, 3.05) is 18.4 Å². The molecular weight excluding hydrogens is 402 g/mol. The Morgan fingerprint density at radius 1 is 1.12 bits per heavy atom. The summed E-state index contributed by atoms with van der Waals surface area (Å²) >= 11 is 9.70. The van der Waals surface area contributed by atoms with E-state index in [1.54, 1.807) is 0 Å². The Labute approximate surface area is 160 Å². The predicted octanol–water partition coefficient (Wildman–Crippen LogP) is 4.25. The number of benzene rings is 2. The fourth-order valence-electron chi connectivity index (χ4n) is 3.60. The number of hydrogen-bond acceptors (Lipinski definition) is 3. The number of piperidine rings is 1. The summed E-state index contributed by atoms with van der Waals surface area (Å²) < 4.78 is 0.911. The number of fused-ring (bicyclic) bond motifs is 1. The Balaban J connectivity index is 1.46. The molecule has 2 aliphatic rings. The monoisotopic (exact) mass is 419 g/mol. The van der Waals surface area contributed by atoms with Gasteiger partial charge >= 0.3 is 0 Å². The standard InChI is InChI=1S/C19H19BrClN3O/c20-14-5-6-17-15(11-14)18(25)23-19(22-17)7-9-24(10-8-19)12-13-3-1-2-4-16(13)21/h1-6,11,22H,7-10,12H2,(H,23,25). The molecule has 0 saturated carbocycles. The molecule has 0 bridgehead atoms. The lowest BCUT2D eigenvalue weighted by Gasteiger charge is -2.46. The largest absolute Gasteiger partial charge is 0.362 e. The minimum absolute atomic E-state index is 0.00500. The highest BCUT2D eigenvalue weighted by molar-refractivity contribution is 9.10.